The molecule has 0 spiro atoms. The molecule has 3 aromatic rings. The van der Waals surface area contributed by atoms with Crippen LogP contribution in [0, 0.1) is 11.3 Å². The Morgan fingerprint density at radius 1 is 1.13 bits per heavy atom. The monoisotopic (exact) mass is 415 g/mol. The molecule has 1 aromatic heterocycles. The SMILES string of the molecule is CC(Sc1nc2c(cc1C#N)CCC2)C(=O)Nc1ccc(Oc2ccccc2)cc1. The first-order chi connectivity index (χ1) is 14.6. The highest BCUT2D eigenvalue weighted by atomic mass is 32.2. The van der Waals surface area contributed by atoms with E-state index in [1.54, 1.807) is 0 Å². The predicted octanol–water partition coefficient (Wildman–Crippen LogP) is 5.35. The van der Waals surface area contributed by atoms with Crippen LogP contribution in [0.2, 0.25) is 0 Å². The maximum atomic E-state index is 12.7. The fraction of sp³-hybridized carbons (Fsp3) is 0.208. The Hall–Kier alpha value is -3.30. The van der Waals surface area contributed by atoms with Gasteiger partial charge in [0.05, 0.1) is 10.8 Å². The van der Waals surface area contributed by atoms with E-state index in [1.165, 1.54) is 11.8 Å². The summed E-state index contributed by atoms with van der Waals surface area (Å²) >= 11 is 1.32. The van der Waals surface area contributed by atoms with Gasteiger partial charge in [-0.2, -0.15) is 5.26 Å². The second-order valence-electron chi connectivity index (χ2n) is 7.10. The second-order valence-corrected chi connectivity index (χ2v) is 8.43. The summed E-state index contributed by atoms with van der Waals surface area (Å²) in [6, 6.07) is 20.9. The van der Waals surface area contributed by atoms with Crippen molar-refractivity contribution < 1.29 is 9.53 Å². The minimum absolute atomic E-state index is 0.136. The van der Waals surface area contributed by atoms with E-state index in [2.05, 4.69) is 16.4 Å². The largest absolute Gasteiger partial charge is 0.457 e. The number of aromatic nitrogens is 1. The zero-order valence-electron chi connectivity index (χ0n) is 16.6. The van der Waals surface area contributed by atoms with Crippen LogP contribution >= 0.6 is 11.8 Å². The Labute approximate surface area is 180 Å². The van der Waals surface area contributed by atoms with Gasteiger partial charge in [0.2, 0.25) is 5.91 Å². The van der Waals surface area contributed by atoms with Crippen LogP contribution in [0.4, 0.5) is 5.69 Å². The lowest BCUT2D eigenvalue weighted by atomic mass is 10.2. The van der Waals surface area contributed by atoms with Crippen LogP contribution in [0.25, 0.3) is 0 Å². The summed E-state index contributed by atoms with van der Waals surface area (Å²) in [5.74, 6) is 1.32. The van der Waals surface area contributed by atoms with Crippen molar-refractivity contribution >= 4 is 23.4 Å². The number of amides is 1. The molecule has 6 heteroatoms. The van der Waals surface area contributed by atoms with Gasteiger partial charge in [-0.05, 0) is 74.2 Å². The summed E-state index contributed by atoms with van der Waals surface area (Å²) in [5.41, 5.74) is 3.45. The van der Waals surface area contributed by atoms with Crippen molar-refractivity contribution in [1.29, 1.82) is 5.26 Å². The molecule has 1 atom stereocenters. The number of carbonyl (C=O) groups is 1. The zero-order valence-corrected chi connectivity index (χ0v) is 17.4. The van der Waals surface area contributed by atoms with Gasteiger partial charge in [0.15, 0.2) is 0 Å². The summed E-state index contributed by atoms with van der Waals surface area (Å²) in [5, 5.41) is 12.6. The molecule has 5 nitrogen and oxygen atoms in total. The van der Waals surface area contributed by atoms with Crippen LogP contribution in [0.5, 0.6) is 11.5 Å². The lowest BCUT2D eigenvalue weighted by Gasteiger charge is -2.14. The number of aryl methyl sites for hydroxylation is 2. The third-order valence-electron chi connectivity index (χ3n) is 4.89. The van der Waals surface area contributed by atoms with Gasteiger partial charge in [-0.15, -0.1) is 0 Å². The normalized spacial score (nSPS) is 13.2. The fourth-order valence-electron chi connectivity index (χ4n) is 3.32. The molecule has 1 unspecified atom stereocenters. The van der Waals surface area contributed by atoms with Crippen LogP contribution in [0.3, 0.4) is 0 Å². The molecule has 4 rings (SSSR count). The number of pyridine rings is 1. The molecule has 1 aliphatic carbocycles. The zero-order chi connectivity index (χ0) is 20.9. The number of anilines is 1. The Morgan fingerprint density at radius 2 is 1.87 bits per heavy atom. The van der Waals surface area contributed by atoms with E-state index in [-0.39, 0.29) is 11.2 Å². The second kappa shape index (κ2) is 9.02. The first-order valence-corrected chi connectivity index (χ1v) is 10.7. The van der Waals surface area contributed by atoms with Gasteiger partial charge < -0.3 is 10.1 Å². The summed E-state index contributed by atoms with van der Waals surface area (Å²) in [6.45, 7) is 1.82. The Balaban J connectivity index is 1.39. The number of fused-ring (bicyclic) bond motifs is 1. The number of benzene rings is 2. The van der Waals surface area contributed by atoms with Crippen LogP contribution in [-0.4, -0.2) is 16.1 Å². The number of rotatable bonds is 6. The molecule has 2 aromatic carbocycles. The van der Waals surface area contributed by atoms with Crippen molar-refractivity contribution in [2.24, 2.45) is 0 Å². The molecule has 150 valence electrons. The number of hydrogen-bond donors (Lipinski definition) is 1. The molecular weight excluding hydrogens is 394 g/mol. The van der Waals surface area contributed by atoms with Gasteiger partial charge in [-0.25, -0.2) is 4.98 Å². The maximum Gasteiger partial charge on any atom is 0.237 e. The lowest BCUT2D eigenvalue weighted by Crippen LogP contribution is -2.22. The van der Waals surface area contributed by atoms with Gasteiger partial charge in [-0.3, -0.25) is 4.79 Å². The Bertz CT molecular complexity index is 1090. The number of thioether (sulfide) groups is 1. The molecule has 0 saturated heterocycles. The van der Waals surface area contributed by atoms with Gasteiger partial charge in [0, 0.05) is 11.4 Å². The summed E-state index contributed by atoms with van der Waals surface area (Å²) in [4.78, 5) is 17.3. The van der Waals surface area contributed by atoms with E-state index in [4.69, 9.17) is 4.74 Å². The summed E-state index contributed by atoms with van der Waals surface area (Å²) in [6.07, 6.45) is 2.98. The number of para-hydroxylation sites is 1. The van der Waals surface area contributed by atoms with Crippen molar-refractivity contribution in [3.63, 3.8) is 0 Å². The summed E-state index contributed by atoms with van der Waals surface area (Å²) < 4.78 is 5.77. The number of carbonyl (C=O) groups excluding carboxylic acids is 1. The van der Waals surface area contributed by atoms with E-state index in [9.17, 15) is 10.1 Å². The molecule has 30 heavy (non-hydrogen) atoms. The average molecular weight is 416 g/mol. The molecule has 1 N–H and O–H groups in total. The number of nitrogens with zero attached hydrogens (tertiary/aromatic N) is 2. The van der Waals surface area contributed by atoms with Crippen molar-refractivity contribution in [2.75, 3.05) is 5.32 Å². The molecule has 0 radical (unpaired) electrons. The number of nitrogens with one attached hydrogen (secondary N) is 1. The average Bonchev–Trinajstić information content (AvgIpc) is 3.22. The molecule has 0 aliphatic heterocycles. The van der Waals surface area contributed by atoms with Gasteiger partial charge in [0.1, 0.15) is 22.6 Å². The first kappa shape index (κ1) is 20.0. The highest BCUT2D eigenvalue weighted by Gasteiger charge is 2.21. The third-order valence-corrected chi connectivity index (χ3v) is 6.00. The fourth-order valence-corrected chi connectivity index (χ4v) is 4.21. The standard InChI is InChI=1S/C24H21N3O2S/c1-16(30-24-18(15-25)14-17-6-5-9-22(17)27-24)23(28)26-19-10-12-21(13-11-19)29-20-7-3-2-4-8-20/h2-4,7-8,10-14,16H,5-6,9H2,1H3,(H,26,28). The van der Waals surface area contributed by atoms with Crippen LogP contribution in [0.15, 0.2) is 65.7 Å². The van der Waals surface area contributed by atoms with E-state index in [1.807, 2.05) is 67.6 Å². The van der Waals surface area contributed by atoms with Crippen LogP contribution in [-0.2, 0) is 17.6 Å². The number of nitriles is 1. The first-order valence-electron chi connectivity index (χ1n) is 9.86. The highest BCUT2D eigenvalue weighted by molar-refractivity contribution is 8.00. The quantitative estimate of drug-likeness (QED) is 0.549. The molecule has 1 heterocycles. The van der Waals surface area contributed by atoms with E-state index in [0.29, 0.717) is 22.0 Å². The topological polar surface area (TPSA) is 75.0 Å². The Kier molecular flexibility index (Phi) is 6.01. The minimum atomic E-state index is -0.385. The van der Waals surface area contributed by atoms with E-state index in [0.717, 1.165) is 36.3 Å². The molecule has 0 fully saturated rings. The van der Waals surface area contributed by atoms with Crippen LogP contribution < -0.4 is 10.1 Å². The molecule has 0 saturated carbocycles. The number of hydrogen-bond acceptors (Lipinski definition) is 5. The van der Waals surface area contributed by atoms with Crippen molar-refractivity contribution in [2.45, 2.75) is 36.5 Å². The predicted molar refractivity (Wildman–Crippen MR) is 118 cm³/mol. The maximum absolute atomic E-state index is 12.7. The lowest BCUT2D eigenvalue weighted by molar-refractivity contribution is -0.115. The molecule has 0 bridgehead atoms. The Morgan fingerprint density at radius 3 is 2.60 bits per heavy atom. The van der Waals surface area contributed by atoms with E-state index >= 15 is 0 Å². The smallest absolute Gasteiger partial charge is 0.237 e. The number of ether oxygens (including phenoxy) is 1. The third kappa shape index (κ3) is 4.64. The highest BCUT2D eigenvalue weighted by Crippen LogP contribution is 2.31. The van der Waals surface area contributed by atoms with Gasteiger partial charge in [0.25, 0.3) is 0 Å². The van der Waals surface area contributed by atoms with Crippen molar-refractivity contribution in [3.05, 3.63) is 77.5 Å². The van der Waals surface area contributed by atoms with Gasteiger partial charge in [-0.1, -0.05) is 30.0 Å². The molecule has 1 aliphatic rings. The van der Waals surface area contributed by atoms with Gasteiger partial charge >= 0.3 is 0 Å². The molecule has 1 amide bonds. The minimum Gasteiger partial charge on any atom is -0.457 e. The van der Waals surface area contributed by atoms with Crippen molar-refractivity contribution in [3.8, 4) is 17.6 Å². The van der Waals surface area contributed by atoms with Crippen LogP contribution in [0.1, 0.15) is 30.2 Å². The van der Waals surface area contributed by atoms with Crippen molar-refractivity contribution in [1.82, 2.24) is 4.98 Å². The van der Waals surface area contributed by atoms with E-state index < -0.39 is 0 Å². The summed E-state index contributed by atoms with van der Waals surface area (Å²) in [7, 11) is 0. The molecular formula is C24H21N3O2S.